The van der Waals surface area contributed by atoms with Crippen molar-refractivity contribution >= 4 is 29.0 Å². The van der Waals surface area contributed by atoms with E-state index in [1.807, 2.05) is 17.5 Å². The molecule has 0 atom stereocenters. The lowest BCUT2D eigenvalue weighted by Gasteiger charge is -2.09. The Morgan fingerprint density at radius 3 is 2.79 bits per heavy atom. The average molecular weight is 427 g/mol. The molecule has 0 radical (unpaired) electrons. The third-order valence-electron chi connectivity index (χ3n) is 3.60. The van der Waals surface area contributed by atoms with Gasteiger partial charge in [-0.2, -0.15) is 13.2 Å². The van der Waals surface area contributed by atoms with Crippen molar-refractivity contribution in [1.29, 1.82) is 0 Å². The molecule has 3 heterocycles. The zero-order valence-electron chi connectivity index (χ0n) is 14.5. The van der Waals surface area contributed by atoms with Crippen LogP contribution < -0.4 is 5.32 Å². The molecule has 0 aromatic carbocycles. The fourth-order valence-electron chi connectivity index (χ4n) is 2.29. The number of hydrogen-bond acceptors (Lipinski definition) is 6. The molecule has 148 valence electrons. The number of thioether (sulfide) groups is 1. The van der Waals surface area contributed by atoms with Crippen molar-refractivity contribution < 1.29 is 22.4 Å². The number of alkyl halides is 3. The van der Waals surface area contributed by atoms with Crippen molar-refractivity contribution in [3.8, 4) is 11.5 Å². The quantitative estimate of drug-likeness (QED) is 0.418. The summed E-state index contributed by atoms with van der Waals surface area (Å²) in [4.78, 5) is 20.7. The maximum absolute atomic E-state index is 13.1. The molecule has 0 aliphatic carbocycles. The minimum Gasteiger partial charge on any atom is -0.463 e. The van der Waals surface area contributed by atoms with Gasteiger partial charge < -0.3 is 9.73 Å². The number of aromatic nitrogens is 2. The minimum absolute atomic E-state index is 0.0485. The summed E-state index contributed by atoms with van der Waals surface area (Å²) >= 11 is 2.62. The molecule has 0 bridgehead atoms. The fourth-order valence-corrected chi connectivity index (χ4v) is 3.79. The summed E-state index contributed by atoms with van der Waals surface area (Å²) in [5, 5.41) is 4.72. The normalized spacial score (nSPS) is 11.5. The number of carbonyl (C=O) groups excluding carboxylic acids is 1. The Bertz CT molecular complexity index is 897. The van der Waals surface area contributed by atoms with E-state index in [-0.39, 0.29) is 34.7 Å². The van der Waals surface area contributed by atoms with E-state index in [0.717, 1.165) is 24.2 Å². The van der Waals surface area contributed by atoms with Gasteiger partial charge in [-0.05, 0) is 36.1 Å². The predicted octanol–water partition coefficient (Wildman–Crippen LogP) is 4.66. The first-order valence-corrected chi connectivity index (χ1v) is 10.2. The number of halogens is 3. The van der Waals surface area contributed by atoms with E-state index in [2.05, 4.69) is 15.3 Å². The van der Waals surface area contributed by atoms with E-state index in [1.165, 1.54) is 17.2 Å². The molecule has 0 unspecified atom stereocenters. The van der Waals surface area contributed by atoms with Gasteiger partial charge in [0.25, 0.3) is 0 Å². The zero-order valence-corrected chi connectivity index (χ0v) is 16.2. The Hall–Kier alpha value is -2.33. The Morgan fingerprint density at radius 1 is 1.25 bits per heavy atom. The molecule has 0 aliphatic rings. The average Bonchev–Trinajstić information content (AvgIpc) is 3.35. The van der Waals surface area contributed by atoms with Crippen LogP contribution in [0.4, 0.5) is 13.2 Å². The summed E-state index contributed by atoms with van der Waals surface area (Å²) in [5.74, 6) is 0.326. The molecule has 0 fully saturated rings. The zero-order chi connectivity index (χ0) is 20.0. The third-order valence-corrected chi connectivity index (χ3v) is 5.39. The Morgan fingerprint density at radius 2 is 2.11 bits per heavy atom. The highest BCUT2D eigenvalue weighted by Gasteiger charge is 2.34. The monoisotopic (exact) mass is 427 g/mol. The maximum Gasteiger partial charge on any atom is 0.433 e. The first kappa shape index (κ1) is 20.4. The molecule has 28 heavy (non-hydrogen) atoms. The lowest BCUT2D eigenvalue weighted by molar-refractivity contribution is -0.141. The second kappa shape index (κ2) is 9.24. The summed E-state index contributed by atoms with van der Waals surface area (Å²) in [7, 11) is 0. The molecule has 3 aromatic heterocycles. The smallest absolute Gasteiger partial charge is 0.433 e. The number of furan rings is 1. The van der Waals surface area contributed by atoms with Crippen LogP contribution in [0.2, 0.25) is 0 Å². The fraction of sp³-hybridized carbons (Fsp3) is 0.278. The molecule has 0 saturated heterocycles. The van der Waals surface area contributed by atoms with Crippen LogP contribution in [0.5, 0.6) is 0 Å². The van der Waals surface area contributed by atoms with Crippen molar-refractivity contribution in [3.63, 3.8) is 0 Å². The Labute approximate surface area is 167 Å². The van der Waals surface area contributed by atoms with Gasteiger partial charge in [0, 0.05) is 23.6 Å². The van der Waals surface area contributed by atoms with Gasteiger partial charge in [-0.1, -0.05) is 17.8 Å². The van der Waals surface area contributed by atoms with Gasteiger partial charge in [-0.3, -0.25) is 4.79 Å². The van der Waals surface area contributed by atoms with Crippen LogP contribution in [-0.4, -0.2) is 28.2 Å². The molecule has 1 N–H and O–H groups in total. The maximum atomic E-state index is 13.1. The van der Waals surface area contributed by atoms with Crippen LogP contribution in [0.25, 0.3) is 11.5 Å². The summed E-state index contributed by atoms with van der Waals surface area (Å²) < 4.78 is 44.4. The van der Waals surface area contributed by atoms with Crippen LogP contribution in [0.1, 0.15) is 17.0 Å². The summed E-state index contributed by atoms with van der Waals surface area (Å²) in [6, 6.07) is 7.88. The molecule has 0 spiro atoms. The van der Waals surface area contributed by atoms with Crippen molar-refractivity contribution in [2.24, 2.45) is 0 Å². The predicted molar refractivity (Wildman–Crippen MR) is 101 cm³/mol. The van der Waals surface area contributed by atoms with Gasteiger partial charge in [0.15, 0.2) is 10.9 Å². The molecule has 1 amide bonds. The topological polar surface area (TPSA) is 68.0 Å². The highest BCUT2D eigenvalue weighted by molar-refractivity contribution is 7.99. The largest absolute Gasteiger partial charge is 0.463 e. The second-order valence-electron chi connectivity index (χ2n) is 5.67. The molecule has 0 aliphatic heterocycles. The molecule has 5 nitrogen and oxygen atoms in total. The minimum atomic E-state index is -4.60. The van der Waals surface area contributed by atoms with E-state index in [0.29, 0.717) is 6.54 Å². The van der Waals surface area contributed by atoms with Crippen molar-refractivity contribution in [2.75, 3.05) is 12.3 Å². The van der Waals surface area contributed by atoms with Crippen LogP contribution in [0, 0.1) is 0 Å². The van der Waals surface area contributed by atoms with Gasteiger partial charge >= 0.3 is 6.18 Å². The van der Waals surface area contributed by atoms with Gasteiger partial charge in [-0.25, -0.2) is 9.97 Å². The lowest BCUT2D eigenvalue weighted by Crippen LogP contribution is -2.25. The number of rotatable bonds is 8. The van der Waals surface area contributed by atoms with Crippen LogP contribution in [0.15, 0.2) is 51.5 Å². The first-order chi connectivity index (χ1) is 13.4. The molecule has 3 rings (SSSR count). The SMILES string of the molecule is O=C(CCSc1nc(-c2ccco2)cc(C(F)(F)F)n1)NCCc1cccs1. The Balaban J connectivity index is 1.55. The number of thiophene rings is 1. The first-order valence-electron chi connectivity index (χ1n) is 8.34. The van der Waals surface area contributed by atoms with Crippen LogP contribution in [0.3, 0.4) is 0 Å². The van der Waals surface area contributed by atoms with Gasteiger partial charge in [0.2, 0.25) is 5.91 Å². The lowest BCUT2D eigenvalue weighted by atomic mass is 10.2. The van der Waals surface area contributed by atoms with E-state index in [1.54, 1.807) is 17.4 Å². The van der Waals surface area contributed by atoms with E-state index >= 15 is 0 Å². The number of carbonyl (C=O) groups is 1. The van der Waals surface area contributed by atoms with E-state index < -0.39 is 11.9 Å². The molecule has 0 saturated carbocycles. The highest BCUT2D eigenvalue weighted by atomic mass is 32.2. The standard InChI is InChI=1S/C18H16F3N3O2S2/c19-18(20,21)15-11-13(14-4-1-8-26-14)23-17(24-15)28-10-6-16(25)22-7-5-12-3-2-9-27-12/h1-4,8-9,11H,5-7,10H2,(H,22,25). The van der Waals surface area contributed by atoms with E-state index in [4.69, 9.17) is 4.42 Å². The number of hydrogen-bond donors (Lipinski definition) is 1. The molecular weight excluding hydrogens is 411 g/mol. The van der Waals surface area contributed by atoms with E-state index in [9.17, 15) is 18.0 Å². The summed E-state index contributed by atoms with van der Waals surface area (Å²) in [5.41, 5.74) is -0.993. The van der Waals surface area contributed by atoms with Gasteiger partial charge in [0.05, 0.1) is 6.26 Å². The highest BCUT2D eigenvalue weighted by Crippen LogP contribution is 2.32. The third kappa shape index (κ3) is 5.83. The molecular formula is C18H16F3N3O2S2. The summed E-state index contributed by atoms with van der Waals surface area (Å²) in [6.07, 6.45) is -2.33. The number of nitrogens with one attached hydrogen (secondary N) is 1. The van der Waals surface area contributed by atoms with Crippen molar-refractivity contribution in [2.45, 2.75) is 24.2 Å². The summed E-state index contributed by atoms with van der Waals surface area (Å²) in [6.45, 7) is 0.521. The number of nitrogens with zero attached hydrogens (tertiary/aromatic N) is 2. The van der Waals surface area contributed by atoms with Crippen molar-refractivity contribution in [3.05, 3.63) is 52.5 Å². The van der Waals surface area contributed by atoms with Crippen LogP contribution in [-0.2, 0) is 17.4 Å². The number of amides is 1. The second-order valence-corrected chi connectivity index (χ2v) is 7.77. The molecule has 10 heteroatoms. The van der Waals surface area contributed by atoms with Crippen LogP contribution >= 0.6 is 23.1 Å². The van der Waals surface area contributed by atoms with Gasteiger partial charge in [-0.15, -0.1) is 11.3 Å². The van der Waals surface area contributed by atoms with Gasteiger partial charge in [0.1, 0.15) is 11.4 Å². The molecule has 3 aromatic rings. The van der Waals surface area contributed by atoms with Crippen molar-refractivity contribution in [1.82, 2.24) is 15.3 Å². The Kier molecular flexibility index (Phi) is 6.74.